The molecule has 1 fully saturated rings. The lowest BCUT2D eigenvalue weighted by Gasteiger charge is -2.33. The number of aromatic nitrogens is 2. The predicted molar refractivity (Wildman–Crippen MR) is 111 cm³/mol. The molecular formula is C22H23F3N4O2. The zero-order chi connectivity index (χ0) is 22.3. The van der Waals surface area contributed by atoms with Crippen LogP contribution in [-0.2, 0) is 11.0 Å². The maximum atomic E-state index is 13.0. The summed E-state index contributed by atoms with van der Waals surface area (Å²) < 4.78 is 44.6. The van der Waals surface area contributed by atoms with Crippen LogP contribution in [-0.4, -0.2) is 29.0 Å². The van der Waals surface area contributed by atoms with Crippen LogP contribution in [0, 0.1) is 26.7 Å². The fourth-order valence-corrected chi connectivity index (χ4v) is 3.96. The summed E-state index contributed by atoms with van der Waals surface area (Å²) in [7, 11) is 0. The quantitative estimate of drug-likeness (QED) is 0.629. The van der Waals surface area contributed by atoms with E-state index in [9.17, 15) is 18.0 Å². The van der Waals surface area contributed by atoms with Crippen molar-refractivity contribution in [2.24, 2.45) is 5.92 Å². The topological polar surface area (TPSA) is 71.3 Å². The molecule has 0 bridgehead atoms. The van der Waals surface area contributed by atoms with E-state index >= 15 is 0 Å². The molecule has 31 heavy (non-hydrogen) atoms. The van der Waals surface area contributed by atoms with Gasteiger partial charge in [0, 0.05) is 24.3 Å². The first kappa shape index (κ1) is 21.1. The Labute approximate surface area is 177 Å². The van der Waals surface area contributed by atoms with Gasteiger partial charge < -0.3 is 14.6 Å². The second kappa shape index (κ2) is 7.86. The summed E-state index contributed by atoms with van der Waals surface area (Å²) in [5, 5.41) is 3.48. The van der Waals surface area contributed by atoms with E-state index in [1.807, 2.05) is 18.7 Å². The Morgan fingerprint density at radius 1 is 1.23 bits per heavy atom. The summed E-state index contributed by atoms with van der Waals surface area (Å²) in [6.07, 6.45) is -3.04. The third-order valence-corrected chi connectivity index (χ3v) is 5.67. The van der Waals surface area contributed by atoms with Crippen molar-refractivity contribution in [3.8, 4) is 0 Å². The van der Waals surface area contributed by atoms with E-state index in [-0.39, 0.29) is 17.5 Å². The van der Waals surface area contributed by atoms with Crippen LogP contribution in [0.15, 0.2) is 28.7 Å². The highest BCUT2D eigenvalue weighted by molar-refractivity contribution is 5.94. The molecular weight excluding hydrogens is 409 g/mol. The molecule has 1 amide bonds. The Morgan fingerprint density at radius 2 is 2.00 bits per heavy atom. The van der Waals surface area contributed by atoms with Crippen LogP contribution in [0.1, 0.15) is 35.6 Å². The first-order valence-corrected chi connectivity index (χ1v) is 10.1. The zero-order valence-corrected chi connectivity index (χ0v) is 17.5. The number of piperidine rings is 1. The number of amides is 1. The normalized spacial score (nSPS) is 17.2. The molecule has 0 unspecified atom stereocenters. The van der Waals surface area contributed by atoms with Gasteiger partial charge in [0.1, 0.15) is 17.4 Å². The molecule has 1 aliphatic heterocycles. The van der Waals surface area contributed by atoms with Crippen LogP contribution in [0.4, 0.5) is 24.7 Å². The number of nitrogens with one attached hydrogen (secondary N) is 1. The van der Waals surface area contributed by atoms with Crippen LogP contribution in [0.5, 0.6) is 0 Å². The van der Waals surface area contributed by atoms with Gasteiger partial charge >= 0.3 is 6.18 Å². The highest BCUT2D eigenvalue weighted by Gasteiger charge is 2.32. The van der Waals surface area contributed by atoms with E-state index in [1.54, 1.807) is 6.92 Å². The SMILES string of the molecule is Cc1nc(N2CCC[C@H](C(=O)Nc3cccc(C(F)(F)F)c3)C2)c2c(C)c(C)oc2n1. The summed E-state index contributed by atoms with van der Waals surface area (Å²) in [5.41, 5.74) is 0.826. The monoisotopic (exact) mass is 432 g/mol. The molecule has 1 aromatic carbocycles. The maximum Gasteiger partial charge on any atom is 0.416 e. The van der Waals surface area contributed by atoms with Crippen molar-refractivity contribution in [1.82, 2.24) is 9.97 Å². The molecule has 1 N–H and O–H groups in total. The number of carbonyl (C=O) groups excluding carboxylic acids is 1. The molecule has 9 heteroatoms. The summed E-state index contributed by atoms with van der Waals surface area (Å²) in [4.78, 5) is 23.9. The highest BCUT2D eigenvalue weighted by atomic mass is 19.4. The minimum Gasteiger partial charge on any atom is -0.443 e. The lowest BCUT2D eigenvalue weighted by Crippen LogP contribution is -2.41. The Bertz CT molecular complexity index is 1140. The molecule has 1 atom stereocenters. The van der Waals surface area contributed by atoms with Gasteiger partial charge in [-0.2, -0.15) is 18.2 Å². The Morgan fingerprint density at radius 3 is 2.74 bits per heavy atom. The predicted octanol–water partition coefficient (Wildman–Crippen LogP) is 5.02. The standard InChI is InChI=1S/C22H23F3N4O2/c1-12-13(2)31-21-18(12)19(26-14(3)27-21)29-9-5-6-15(11-29)20(30)28-17-8-4-7-16(10-17)22(23,24)25/h4,7-8,10,15H,5-6,9,11H2,1-3H3,(H,28,30)/t15-/m0/s1. The van der Waals surface area contributed by atoms with E-state index in [4.69, 9.17) is 4.42 Å². The van der Waals surface area contributed by atoms with E-state index in [2.05, 4.69) is 15.3 Å². The number of fused-ring (bicyclic) bond motifs is 1. The smallest absolute Gasteiger partial charge is 0.416 e. The van der Waals surface area contributed by atoms with Gasteiger partial charge in [-0.3, -0.25) is 4.79 Å². The number of anilines is 2. The number of hydrogen-bond donors (Lipinski definition) is 1. The number of aryl methyl sites for hydroxylation is 3. The average molecular weight is 432 g/mol. The van der Waals surface area contributed by atoms with Gasteiger partial charge in [0.2, 0.25) is 11.6 Å². The number of furan rings is 1. The molecule has 2 aromatic heterocycles. The van der Waals surface area contributed by atoms with Crippen molar-refractivity contribution in [3.05, 3.63) is 47.0 Å². The molecule has 1 saturated heterocycles. The first-order chi connectivity index (χ1) is 14.6. The summed E-state index contributed by atoms with van der Waals surface area (Å²) in [6, 6.07) is 4.68. The van der Waals surface area contributed by atoms with Gasteiger partial charge in [0.25, 0.3) is 0 Å². The minimum absolute atomic E-state index is 0.138. The largest absolute Gasteiger partial charge is 0.443 e. The molecule has 0 saturated carbocycles. The number of carbonyl (C=O) groups is 1. The number of benzene rings is 1. The Kier molecular flexibility index (Phi) is 5.36. The fraction of sp³-hybridized carbons (Fsp3) is 0.409. The fourth-order valence-electron chi connectivity index (χ4n) is 3.96. The lowest BCUT2D eigenvalue weighted by atomic mass is 9.96. The van der Waals surface area contributed by atoms with Crippen molar-refractivity contribution in [1.29, 1.82) is 0 Å². The Hall–Kier alpha value is -3.10. The number of halogens is 3. The minimum atomic E-state index is -4.46. The molecule has 6 nitrogen and oxygen atoms in total. The van der Waals surface area contributed by atoms with E-state index in [1.165, 1.54) is 12.1 Å². The van der Waals surface area contributed by atoms with Gasteiger partial charge in [-0.15, -0.1) is 0 Å². The van der Waals surface area contributed by atoms with E-state index < -0.39 is 11.7 Å². The van der Waals surface area contributed by atoms with Crippen LogP contribution >= 0.6 is 0 Å². The summed E-state index contributed by atoms with van der Waals surface area (Å²) in [5.74, 6) is 1.40. The van der Waals surface area contributed by atoms with Crippen LogP contribution in [0.25, 0.3) is 11.1 Å². The highest BCUT2D eigenvalue weighted by Crippen LogP contribution is 2.34. The third-order valence-electron chi connectivity index (χ3n) is 5.67. The molecule has 3 heterocycles. The number of alkyl halides is 3. The maximum absolute atomic E-state index is 13.0. The Balaban J connectivity index is 1.56. The van der Waals surface area contributed by atoms with Gasteiger partial charge in [0.05, 0.1) is 16.9 Å². The second-order valence-electron chi connectivity index (χ2n) is 7.91. The summed E-state index contributed by atoms with van der Waals surface area (Å²) in [6.45, 7) is 6.75. The van der Waals surface area contributed by atoms with Crippen LogP contribution in [0.2, 0.25) is 0 Å². The molecule has 0 radical (unpaired) electrons. The van der Waals surface area contributed by atoms with Crippen molar-refractivity contribution < 1.29 is 22.4 Å². The molecule has 0 aliphatic carbocycles. The average Bonchev–Trinajstić information content (AvgIpc) is 3.00. The molecule has 0 spiro atoms. The molecule has 4 rings (SSSR count). The van der Waals surface area contributed by atoms with Gasteiger partial charge in [0.15, 0.2) is 0 Å². The van der Waals surface area contributed by atoms with E-state index in [0.717, 1.165) is 47.6 Å². The summed E-state index contributed by atoms with van der Waals surface area (Å²) >= 11 is 0. The molecule has 3 aromatic rings. The molecule has 1 aliphatic rings. The lowest BCUT2D eigenvalue weighted by molar-refractivity contribution is -0.137. The van der Waals surface area contributed by atoms with Crippen LogP contribution in [0.3, 0.4) is 0 Å². The van der Waals surface area contributed by atoms with E-state index in [0.29, 0.717) is 24.5 Å². The number of hydrogen-bond acceptors (Lipinski definition) is 5. The molecule has 164 valence electrons. The zero-order valence-electron chi connectivity index (χ0n) is 17.5. The van der Waals surface area contributed by atoms with Gasteiger partial charge in [-0.1, -0.05) is 6.07 Å². The van der Waals surface area contributed by atoms with Crippen LogP contribution < -0.4 is 10.2 Å². The third kappa shape index (κ3) is 4.22. The van der Waals surface area contributed by atoms with Gasteiger partial charge in [-0.05, 0) is 51.8 Å². The number of rotatable bonds is 3. The first-order valence-electron chi connectivity index (χ1n) is 10.1. The second-order valence-corrected chi connectivity index (χ2v) is 7.91. The van der Waals surface area contributed by atoms with Gasteiger partial charge in [-0.25, -0.2) is 4.98 Å². The van der Waals surface area contributed by atoms with Crippen molar-refractivity contribution in [2.75, 3.05) is 23.3 Å². The van der Waals surface area contributed by atoms with Crippen molar-refractivity contribution in [3.63, 3.8) is 0 Å². The van der Waals surface area contributed by atoms with Crippen molar-refractivity contribution in [2.45, 2.75) is 39.8 Å². The van der Waals surface area contributed by atoms with Crippen molar-refractivity contribution >= 4 is 28.5 Å². The number of nitrogens with zero attached hydrogens (tertiary/aromatic N) is 3.